The fraction of sp³-hybridized carbons (Fsp3) is 0.350. The molecule has 2 aromatic carbocycles. The molecule has 0 saturated carbocycles. The summed E-state index contributed by atoms with van der Waals surface area (Å²) >= 11 is 3.43. The van der Waals surface area contributed by atoms with Crippen LogP contribution in [0.4, 0.5) is 5.69 Å². The van der Waals surface area contributed by atoms with Gasteiger partial charge in [0.05, 0.1) is 29.1 Å². The van der Waals surface area contributed by atoms with Gasteiger partial charge < -0.3 is 4.74 Å². The van der Waals surface area contributed by atoms with E-state index in [-0.39, 0.29) is 17.5 Å². The number of hydrogen-bond donors (Lipinski definition) is 0. The molecule has 0 bridgehead atoms. The zero-order valence-electron chi connectivity index (χ0n) is 15.5. The van der Waals surface area contributed by atoms with Crippen molar-refractivity contribution in [2.45, 2.75) is 38.1 Å². The Morgan fingerprint density at radius 2 is 2.00 bits per heavy atom. The first-order chi connectivity index (χ1) is 12.8. The summed E-state index contributed by atoms with van der Waals surface area (Å²) in [5.41, 5.74) is 2.27. The number of halogens is 1. The van der Waals surface area contributed by atoms with Crippen LogP contribution in [0, 0.1) is 12.8 Å². The van der Waals surface area contributed by atoms with Crippen LogP contribution in [0.5, 0.6) is 0 Å². The number of carbonyl (C=O) groups excluding carboxylic acids is 1. The number of esters is 1. The smallest absolute Gasteiger partial charge is 0.311 e. The predicted octanol–water partition coefficient (Wildman–Crippen LogP) is 4.08. The Bertz CT molecular complexity index is 974. The minimum absolute atomic E-state index is 0.215. The molecule has 0 aliphatic carbocycles. The van der Waals surface area contributed by atoms with Gasteiger partial charge in [0.2, 0.25) is 0 Å². The highest BCUT2D eigenvalue weighted by Gasteiger charge is 2.42. The fourth-order valence-corrected chi connectivity index (χ4v) is 5.73. The molecule has 0 fully saturated rings. The normalized spacial score (nSPS) is 19.5. The molecule has 1 aliphatic heterocycles. The van der Waals surface area contributed by atoms with Crippen molar-refractivity contribution in [1.82, 2.24) is 0 Å². The molecule has 144 valence electrons. The van der Waals surface area contributed by atoms with Gasteiger partial charge in [-0.1, -0.05) is 28.1 Å². The number of fused-ring (bicyclic) bond motifs is 1. The molecule has 0 saturated heterocycles. The van der Waals surface area contributed by atoms with Gasteiger partial charge in [-0.3, -0.25) is 9.10 Å². The van der Waals surface area contributed by atoms with E-state index in [1.165, 1.54) is 4.31 Å². The molecule has 0 amide bonds. The van der Waals surface area contributed by atoms with E-state index < -0.39 is 22.0 Å². The summed E-state index contributed by atoms with van der Waals surface area (Å²) in [7, 11) is -3.83. The van der Waals surface area contributed by atoms with Crippen molar-refractivity contribution in [2.75, 3.05) is 10.9 Å². The lowest BCUT2D eigenvalue weighted by Gasteiger charge is -2.40. The van der Waals surface area contributed by atoms with E-state index in [4.69, 9.17) is 4.74 Å². The minimum Gasteiger partial charge on any atom is -0.466 e. The van der Waals surface area contributed by atoms with Gasteiger partial charge in [0.25, 0.3) is 10.0 Å². The zero-order chi connectivity index (χ0) is 19.8. The van der Waals surface area contributed by atoms with Crippen LogP contribution in [0.3, 0.4) is 0 Å². The average Bonchev–Trinajstić information content (AvgIpc) is 2.61. The number of sulfonamides is 1. The summed E-state index contributed by atoms with van der Waals surface area (Å²) in [6.45, 7) is 5.63. The number of benzene rings is 2. The highest BCUT2D eigenvalue weighted by molar-refractivity contribution is 9.10. The van der Waals surface area contributed by atoms with Gasteiger partial charge in [0.1, 0.15) is 0 Å². The first-order valence-electron chi connectivity index (χ1n) is 8.82. The van der Waals surface area contributed by atoms with Gasteiger partial charge in [0, 0.05) is 4.47 Å². The summed E-state index contributed by atoms with van der Waals surface area (Å²) in [6.07, 6.45) is 0.439. The second-order valence-electron chi connectivity index (χ2n) is 6.69. The van der Waals surface area contributed by atoms with E-state index in [0.717, 1.165) is 15.6 Å². The summed E-state index contributed by atoms with van der Waals surface area (Å²) < 4.78 is 34.4. The van der Waals surface area contributed by atoms with Crippen molar-refractivity contribution in [3.8, 4) is 0 Å². The van der Waals surface area contributed by atoms with E-state index in [9.17, 15) is 13.2 Å². The largest absolute Gasteiger partial charge is 0.466 e. The van der Waals surface area contributed by atoms with Gasteiger partial charge in [0.15, 0.2) is 0 Å². The molecular formula is C20H22BrNO4S. The SMILES string of the molecule is CCOC(=O)[C@@H]1Cc2cc(Br)ccc2N(S(=O)(=O)c2cccc(C)c2)[C@@H]1C. The molecule has 1 aliphatic rings. The quantitative estimate of drug-likeness (QED) is 0.656. The van der Waals surface area contributed by atoms with Crippen LogP contribution in [-0.4, -0.2) is 27.0 Å². The molecule has 27 heavy (non-hydrogen) atoms. The summed E-state index contributed by atoms with van der Waals surface area (Å²) in [5, 5.41) is 0. The first-order valence-corrected chi connectivity index (χ1v) is 11.0. The molecule has 2 aromatic rings. The number of anilines is 1. The molecule has 3 rings (SSSR count). The maximum Gasteiger partial charge on any atom is 0.311 e. The van der Waals surface area contributed by atoms with Crippen LogP contribution in [-0.2, 0) is 26.0 Å². The third-order valence-corrected chi connectivity index (χ3v) is 7.20. The molecule has 0 spiro atoms. The number of aryl methyl sites for hydroxylation is 1. The lowest BCUT2D eigenvalue weighted by Crippen LogP contribution is -2.49. The van der Waals surface area contributed by atoms with Crippen molar-refractivity contribution in [3.05, 3.63) is 58.1 Å². The second-order valence-corrected chi connectivity index (χ2v) is 9.42. The highest BCUT2D eigenvalue weighted by Crippen LogP contribution is 2.39. The molecule has 0 aromatic heterocycles. The van der Waals surface area contributed by atoms with Crippen LogP contribution in [0.25, 0.3) is 0 Å². The number of rotatable bonds is 4. The van der Waals surface area contributed by atoms with Crippen molar-refractivity contribution in [1.29, 1.82) is 0 Å². The van der Waals surface area contributed by atoms with Gasteiger partial charge in [-0.15, -0.1) is 0 Å². The van der Waals surface area contributed by atoms with Gasteiger partial charge in [-0.25, -0.2) is 8.42 Å². The maximum absolute atomic E-state index is 13.5. The number of hydrogen-bond acceptors (Lipinski definition) is 4. The van der Waals surface area contributed by atoms with E-state index in [0.29, 0.717) is 12.1 Å². The number of carbonyl (C=O) groups is 1. The van der Waals surface area contributed by atoms with E-state index in [1.807, 2.05) is 25.1 Å². The Kier molecular flexibility index (Phi) is 5.63. The summed E-state index contributed by atoms with van der Waals surface area (Å²) in [4.78, 5) is 12.7. The Morgan fingerprint density at radius 3 is 2.67 bits per heavy atom. The Balaban J connectivity index is 2.15. The molecule has 7 heteroatoms. The standard InChI is InChI=1S/C20H22BrNO4S/c1-4-26-20(23)18-12-15-11-16(21)8-9-19(15)22(14(18)3)27(24,25)17-7-5-6-13(2)10-17/h5-11,14,18H,4,12H2,1-3H3/t14-,18-/m1/s1. The third-order valence-electron chi connectivity index (χ3n) is 4.81. The van der Waals surface area contributed by atoms with Gasteiger partial charge in [-0.2, -0.15) is 0 Å². The Labute approximate surface area is 168 Å². The number of ether oxygens (including phenoxy) is 1. The lowest BCUT2D eigenvalue weighted by atomic mass is 9.88. The maximum atomic E-state index is 13.5. The Morgan fingerprint density at radius 1 is 1.26 bits per heavy atom. The van der Waals surface area contributed by atoms with Crippen LogP contribution in [0.15, 0.2) is 51.8 Å². The van der Waals surface area contributed by atoms with Crippen LogP contribution >= 0.6 is 15.9 Å². The van der Waals surface area contributed by atoms with Gasteiger partial charge >= 0.3 is 5.97 Å². The molecule has 0 N–H and O–H groups in total. The third kappa shape index (κ3) is 3.75. The zero-order valence-corrected chi connectivity index (χ0v) is 17.9. The molecule has 0 unspecified atom stereocenters. The summed E-state index contributed by atoms with van der Waals surface area (Å²) in [5.74, 6) is -0.939. The molecule has 1 heterocycles. The Hall–Kier alpha value is -1.86. The minimum atomic E-state index is -3.83. The topological polar surface area (TPSA) is 63.7 Å². The molecular weight excluding hydrogens is 430 g/mol. The van der Waals surface area contributed by atoms with Crippen molar-refractivity contribution >= 4 is 37.6 Å². The highest BCUT2D eigenvalue weighted by atomic mass is 79.9. The van der Waals surface area contributed by atoms with Crippen molar-refractivity contribution in [3.63, 3.8) is 0 Å². The second kappa shape index (κ2) is 7.64. The molecule has 2 atom stereocenters. The number of nitrogens with zero attached hydrogens (tertiary/aromatic N) is 1. The van der Waals surface area contributed by atoms with Crippen LogP contribution in [0.2, 0.25) is 0 Å². The summed E-state index contributed by atoms with van der Waals surface area (Å²) in [6, 6.07) is 11.7. The molecule has 5 nitrogen and oxygen atoms in total. The van der Waals surface area contributed by atoms with E-state index in [2.05, 4.69) is 15.9 Å². The average molecular weight is 452 g/mol. The van der Waals surface area contributed by atoms with E-state index >= 15 is 0 Å². The first kappa shape index (κ1) is 19.9. The monoisotopic (exact) mass is 451 g/mol. The molecule has 0 radical (unpaired) electrons. The van der Waals surface area contributed by atoms with E-state index in [1.54, 1.807) is 38.1 Å². The lowest BCUT2D eigenvalue weighted by molar-refractivity contribution is -0.148. The van der Waals surface area contributed by atoms with Crippen molar-refractivity contribution in [2.24, 2.45) is 5.92 Å². The van der Waals surface area contributed by atoms with Gasteiger partial charge in [-0.05, 0) is 68.7 Å². The predicted molar refractivity (Wildman–Crippen MR) is 108 cm³/mol. The van der Waals surface area contributed by atoms with Crippen LogP contribution in [0.1, 0.15) is 25.0 Å². The van der Waals surface area contributed by atoms with Crippen LogP contribution < -0.4 is 4.31 Å². The van der Waals surface area contributed by atoms with Crippen molar-refractivity contribution < 1.29 is 17.9 Å². The fourth-order valence-electron chi connectivity index (χ4n) is 3.49.